The summed E-state index contributed by atoms with van der Waals surface area (Å²) in [5, 5.41) is 16.3. The van der Waals surface area contributed by atoms with Gasteiger partial charge in [0.15, 0.2) is 6.23 Å². The Morgan fingerprint density at radius 3 is 2.76 bits per heavy atom. The number of unbranched alkanes of at least 4 members (excludes halogenated alkanes) is 1. The second kappa shape index (κ2) is 12.8. The standard InChI is InChI=1S/C27H37N5O5/c1-27(2,3)37-26(33)28-10-5-7-12-34-14-15-35-24-17-21(20-9-11-29-30-18-20)16-23-22(24)19-31-32(23)25-8-4-6-13-36-25/h9,11,16-19,25H,4-8,10,12-15H2,1-3H3,(H,28,33). The Bertz CT molecular complexity index is 1140. The van der Waals surface area contributed by atoms with Crippen LogP contribution in [0.2, 0.25) is 0 Å². The van der Waals surface area contributed by atoms with Crippen molar-refractivity contribution in [2.24, 2.45) is 0 Å². The van der Waals surface area contributed by atoms with Gasteiger partial charge in [-0.25, -0.2) is 9.48 Å². The van der Waals surface area contributed by atoms with Gasteiger partial charge in [0.2, 0.25) is 0 Å². The first-order valence-corrected chi connectivity index (χ1v) is 13.0. The number of amides is 1. The van der Waals surface area contributed by atoms with Crippen molar-refractivity contribution < 1.29 is 23.7 Å². The fourth-order valence-corrected chi connectivity index (χ4v) is 4.15. The van der Waals surface area contributed by atoms with Crippen LogP contribution in [0.3, 0.4) is 0 Å². The van der Waals surface area contributed by atoms with Crippen molar-refractivity contribution in [3.05, 3.63) is 36.8 Å². The fourth-order valence-electron chi connectivity index (χ4n) is 4.15. The van der Waals surface area contributed by atoms with Crippen LogP contribution < -0.4 is 10.1 Å². The first-order valence-electron chi connectivity index (χ1n) is 13.0. The van der Waals surface area contributed by atoms with E-state index in [1.165, 1.54) is 0 Å². The molecule has 10 nitrogen and oxygen atoms in total. The molecule has 1 aromatic carbocycles. The molecule has 0 spiro atoms. The molecule has 1 saturated heterocycles. The van der Waals surface area contributed by atoms with Crippen molar-refractivity contribution in [3.8, 4) is 16.9 Å². The van der Waals surface area contributed by atoms with Crippen LogP contribution in [0.25, 0.3) is 22.0 Å². The van der Waals surface area contributed by atoms with Gasteiger partial charge in [0.05, 0.1) is 36.1 Å². The SMILES string of the molecule is CC(C)(C)OC(=O)NCCCCOCCOc1cc(-c2ccnnc2)cc2c1cnn2C1CCCCO1. The highest BCUT2D eigenvalue weighted by atomic mass is 16.6. The molecule has 2 aromatic heterocycles. The molecule has 200 valence electrons. The van der Waals surface area contributed by atoms with E-state index >= 15 is 0 Å². The lowest BCUT2D eigenvalue weighted by atomic mass is 10.1. The zero-order chi connectivity index (χ0) is 26.1. The van der Waals surface area contributed by atoms with Gasteiger partial charge in [0.1, 0.15) is 18.0 Å². The lowest BCUT2D eigenvalue weighted by Gasteiger charge is -2.23. The van der Waals surface area contributed by atoms with E-state index in [9.17, 15) is 4.79 Å². The summed E-state index contributed by atoms with van der Waals surface area (Å²) in [5.74, 6) is 0.747. The minimum atomic E-state index is -0.490. The molecule has 1 amide bonds. The maximum Gasteiger partial charge on any atom is 0.407 e. The normalized spacial score (nSPS) is 16.0. The van der Waals surface area contributed by atoms with Crippen LogP contribution in [0.4, 0.5) is 4.79 Å². The third kappa shape index (κ3) is 7.87. The number of benzene rings is 1. The molecule has 1 fully saturated rings. The second-order valence-electron chi connectivity index (χ2n) is 10.0. The minimum Gasteiger partial charge on any atom is -0.490 e. The number of hydrogen-bond acceptors (Lipinski definition) is 8. The highest BCUT2D eigenvalue weighted by molar-refractivity contribution is 5.90. The third-order valence-corrected chi connectivity index (χ3v) is 5.89. The van der Waals surface area contributed by atoms with Crippen molar-refractivity contribution in [1.29, 1.82) is 0 Å². The first kappa shape index (κ1) is 26.8. The molecular weight excluding hydrogens is 474 g/mol. The number of ether oxygens (including phenoxy) is 4. The zero-order valence-electron chi connectivity index (χ0n) is 21.9. The number of hydrogen-bond donors (Lipinski definition) is 1. The summed E-state index contributed by atoms with van der Waals surface area (Å²) in [6.45, 7) is 8.30. The van der Waals surface area contributed by atoms with E-state index in [2.05, 4.69) is 26.7 Å². The fraction of sp³-hybridized carbons (Fsp3) is 0.556. The van der Waals surface area contributed by atoms with Gasteiger partial charge in [0.25, 0.3) is 0 Å². The Hall–Kier alpha value is -3.24. The summed E-state index contributed by atoms with van der Waals surface area (Å²) in [5.41, 5.74) is 2.41. The molecular formula is C27H37N5O5. The molecule has 1 atom stereocenters. The van der Waals surface area contributed by atoms with E-state index in [1.807, 2.05) is 43.8 Å². The van der Waals surface area contributed by atoms with Crippen LogP contribution in [0.15, 0.2) is 36.8 Å². The van der Waals surface area contributed by atoms with Crippen molar-refractivity contribution in [2.45, 2.75) is 64.7 Å². The van der Waals surface area contributed by atoms with E-state index < -0.39 is 11.7 Å². The summed E-state index contributed by atoms with van der Waals surface area (Å²) in [7, 11) is 0. The Labute approximate surface area is 217 Å². The summed E-state index contributed by atoms with van der Waals surface area (Å²) in [6, 6.07) is 6.04. The maximum atomic E-state index is 11.7. The van der Waals surface area contributed by atoms with Crippen LogP contribution in [-0.2, 0) is 14.2 Å². The van der Waals surface area contributed by atoms with Gasteiger partial charge in [-0.2, -0.15) is 15.3 Å². The van der Waals surface area contributed by atoms with E-state index in [1.54, 1.807) is 12.4 Å². The van der Waals surface area contributed by atoms with Gasteiger partial charge in [-0.3, -0.25) is 0 Å². The molecule has 1 aliphatic heterocycles. The molecule has 3 aromatic rings. The minimum absolute atomic E-state index is 0.0712. The first-order chi connectivity index (χ1) is 17.9. The lowest BCUT2D eigenvalue weighted by molar-refractivity contribution is -0.0366. The van der Waals surface area contributed by atoms with Crippen LogP contribution in [0, 0.1) is 0 Å². The molecule has 0 saturated carbocycles. The third-order valence-electron chi connectivity index (χ3n) is 5.89. The monoisotopic (exact) mass is 511 g/mol. The Morgan fingerprint density at radius 2 is 2.00 bits per heavy atom. The molecule has 1 aliphatic rings. The molecule has 3 heterocycles. The predicted octanol–water partition coefficient (Wildman–Crippen LogP) is 4.89. The molecule has 1 unspecified atom stereocenters. The number of carbonyl (C=O) groups excluding carboxylic acids is 1. The van der Waals surface area contributed by atoms with Gasteiger partial charge in [0, 0.05) is 25.3 Å². The van der Waals surface area contributed by atoms with Crippen LogP contribution in [-0.4, -0.2) is 64.6 Å². The predicted molar refractivity (Wildman–Crippen MR) is 139 cm³/mol. The van der Waals surface area contributed by atoms with Gasteiger partial charge < -0.3 is 24.3 Å². The van der Waals surface area contributed by atoms with Crippen LogP contribution in [0.1, 0.15) is 59.1 Å². The number of fused-ring (bicyclic) bond motifs is 1. The highest BCUT2D eigenvalue weighted by Gasteiger charge is 2.21. The number of alkyl carbamates (subject to hydrolysis) is 1. The Morgan fingerprint density at radius 1 is 1.11 bits per heavy atom. The van der Waals surface area contributed by atoms with E-state index in [0.29, 0.717) is 26.4 Å². The van der Waals surface area contributed by atoms with Gasteiger partial charge in [-0.1, -0.05) is 0 Å². The number of nitrogens with one attached hydrogen (secondary N) is 1. The molecule has 0 radical (unpaired) electrons. The summed E-state index contributed by atoms with van der Waals surface area (Å²) < 4.78 is 25.1. The molecule has 0 aliphatic carbocycles. The quantitative estimate of drug-likeness (QED) is 0.362. The topological polar surface area (TPSA) is 110 Å². The molecule has 0 bridgehead atoms. The average Bonchev–Trinajstić information content (AvgIpc) is 3.32. The number of aromatic nitrogens is 4. The van der Waals surface area contributed by atoms with Crippen LogP contribution >= 0.6 is 0 Å². The van der Waals surface area contributed by atoms with Gasteiger partial charge in [-0.05, 0) is 76.6 Å². The van der Waals surface area contributed by atoms with E-state index in [4.69, 9.17) is 18.9 Å². The lowest BCUT2D eigenvalue weighted by Crippen LogP contribution is -2.33. The maximum absolute atomic E-state index is 11.7. The van der Waals surface area contributed by atoms with Crippen molar-refractivity contribution in [3.63, 3.8) is 0 Å². The second-order valence-corrected chi connectivity index (χ2v) is 10.0. The van der Waals surface area contributed by atoms with Crippen molar-refractivity contribution in [2.75, 3.05) is 33.0 Å². The molecule has 10 heteroatoms. The number of nitrogens with zero attached hydrogens (tertiary/aromatic N) is 4. The van der Waals surface area contributed by atoms with E-state index in [-0.39, 0.29) is 6.23 Å². The highest BCUT2D eigenvalue weighted by Crippen LogP contribution is 2.35. The number of carbonyl (C=O) groups is 1. The summed E-state index contributed by atoms with van der Waals surface area (Å²) in [6.07, 6.45) is 9.58. The van der Waals surface area contributed by atoms with Gasteiger partial charge in [-0.15, -0.1) is 0 Å². The zero-order valence-corrected chi connectivity index (χ0v) is 21.9. The van der Waals surface area contributed by atoms with Crippen LogP contribution in [0.5, 0.6) is 5.75 Å². The Balaban J connectivity index is 1.30. The summed E-state index contributed by atoms with van der Waals surface area (Å²) >= 11 is 0. The van der Waals surface area contributed by atoms with Gasteiger partial charge >= 0.3 is 6.09 Å². The largest absolute Gasteiger partial charge is 0.490 e. The van der Waals surface area contributed by atoms with Crippen molar-refractivity contribution in [1.82, 2.24) is 25.3 Å². The van der Waals surface area contributed by atoms with E-state index in [0.717, 1.165) is 66.5 Å². The molecule has 4 rings (SSSR count). The average molecular weight is 512 g/mol. The smallest absolute Gasteiger partial charge is 0.407 e. The number of rotatable bonds is 11. The van der Waals surface area contributed by atoms with Crippen molar-refractivity contribution >= 4 is 17.0 Å². The molecule has 37 heavy (non-hydrogen) atoms. The molecule has 1 N–H and O–H groups in total. The summed E-state index contributed by atoms with van der Waals surface area (Å²) in [4.78, 5) is 11.7. The Kier molecular flexibility index (Phi) is 9.29.